The van der Waals surface area contributed by atoms with Gasteiger partial charge in [-0.15, -0.1) is 0 Å². The van der Waals surface area contributed by atoms with Crippen molar-refractivity contribution in [2.45, 2.75) is 19.9 Å². The molecule has 0 aliphatic heterocycles. The first kappa shape index (κ1) is 16.2. The van der Waals surface area contributed by atoms with Crippen LogP contribution in [0.1, 0.15) is 22.7 Å². The Bertz CT molecular complexity index is 641. The van der Waals surface area contributed by atoms with Gasteiger partial charge in [0.05, 0.1) is 16.1 Å². The highest BCUT2D eigenvalue weighted by atomic mass is 35.5. The molecule has 0 fully saturated rings. The summed E-state index contributed by atoms with van der Waals surface area (Å²) in [7, 11) is 2.03. The molecular formula is C17H20Cl2N2. The monoisotopic (exact) mass is 322 g/mol. The summed E-state index contributed by atoms with van der Waals surface area (Å²) >= 11 is 12.5. The Morgan fingerprint density at radius 1 is 1.14 bits per heavy atom. The Hall–Kier alpha value is -1.22. The largest absolute Gasteiger partial charge is 0.366 e. The van der Waals surface area contributed by atoms with Crippen molar-refractivity contribution >= 4 is 28.9 Å². The first-order valence-corrected chi connectivity index (χ1v) is 7.65. The molecule has 1 atom stereocenters. The third-order valence-corrected chi connectivity index (χ3v) is 4.60. The molecule has 0 spiro atoms. The summed E-state index contributed by atoms with van der Waals surface area (Å²) in [5.41, 5.74) is 10.6. The third-order valence-electron chi connectivity index (χ3n) is 3.76. The lowest BCUT2D eigenvalue weighted by Gasteiger charge is -2.31. The van der Waals surface area contributed by atoms with Crippen LogP contribution in [0.15, 0.2) is 36.4 Å². The molecule has 0 aliphatic rings. The number of nitrogens with two attached hydrogens (primary N) is 1. The topological polar surface area (TPSA) is 29.3 Å². The van der Waals surface area contributed by atoms with E-state index in [-0.39, 0.29) is 6.04 Å². The Morgan fingerprint density at radius 3 is 2.48 bits per heavy atom. The van der Waals surface area contributed by atoms with E-state index in [2.05, 4.69) is 36.9 Å². The zero-order valence-electron chi connectivity index (χ0n) is 12.5. The van der Waals surface area contributed by atoms with Gasteiger partial charge in [-0.3, -0.25) is 0 Å². The second-order valence-electron chi connectivity index (χ2n) is 5.30. The average molecular weight is 323 g/mol. The van der Waals surface area contributed by atoms with Crippen LogP contribution in [-0.4, -0.2) is 13.6 Å². The van der Waals surface area contributed by atoms with Crippen molar-refractivity contribution in [1.82, 2.24) is 0 Å². The molecule has 0 heterocycles. The zero-order chi connectivity index (χ0) is 15.6. The summed E-state index contributed by atoms with van der Waals surface area (Å²) < 4.78 is 0. The molecule has 0 radical (unpaired) electrons. The highest BCUT2D eigenvalue weighted by Crippen LogP contribution is 2.34. The van der Waals surface area contributed by atoms with Crippen molar-refractivity contribution in [3.8, 4) is 0 Å². The molecule has 0 amide bonds. The van der Waals surface area contributed by atoms with Gasteiger partial charge in [0.2, 0.25) is 0 Å². The van der Waals surface area contributed by atoms with E-state index in [1.807, 2.05) is 19.2 Å². The predicted octanol–water partition coefficient (Wildman–Crippen LogP) is 4.75. The molecule has 1 unspecified atom stereocenters. The van der Waals surface area contributed by atoms with Crippen molar-refractivity contribution in [2.75, 3.05) is 18.5 Å². The smallest absolute Gasteiger partial charge is 0.0676 e. The number of rotatable bonds is 4. The maximum atomic E-state index is 6.35. The minimum Gasteiger partial charge on any atom is -0.366 e. The molecule has 0 saturated carbocycles. The second kappa shape index (κ2) is 6.69. The molecule has 21 heavy (non-hydrogen) atoms. The van der Waals surface area contributed by atoms with Crippen molar-refractivity contribution in [3.63, 3.8) is 0 Å². The Morgan fingerprint density at radius 2 is 1.86 bits per heavy atom. The van der Waals surface area contributed by atoms with Crippen LogP contribution in [0.5, 0.6) is 0 Å². The first-order chi connectivity index (χ1) is 9.95. The zero-order valence-corrected chi connectivity index (χ0v) is 14.0. The molecule has 2 nitrogen and oxygen atoms in total. The van der Waals surface area contributed by atoms with Crippen LogP contribution in [0.4, 0.5) is 5.69 Å². The predicted molar refractivity (Wildman–Crippen MR) is 92.6 cm³/mol. The summed E-state index contributed by atoms with van der Waals surface area (Å²) in [5.74, 6) is 0. The summed E-state index contributed by atoms with van der Waals surface area (Å²) in [5, 5.41) is 1.13. The Kier molecular flexibility index (Phi) is 5.15. The summed E-state index contributed by atoms with van der Waals surface area (Å²) in [6, 6.07) is 12.0. The van der Waals surface area contributed by atoms with Crippen LogP contribution in [0.3, 0.4) is 0 Å². The van der Waals surface area contributed by atoms with Gasteiger partial charge >= 0.3 is 0 Å². The van der Waals surface area contributed by atoms with E-state index < -0.39 is 0 Å². The average Bonchev–Trinajstić information content (AvgIpc) is 2.44. The van der Waals surface area contributed by atoms with Gasteiger partial charge in [-0.05, 0) is 37.1 Å². The fourth-order valence-electron chi connectivity index (χ4n) is 2.64. The van der Waals surface area contributed by atoms with E-state index in [1.54, 1.807) is 6.07 Å². The van der Waals surface area contributed by atoms with E-state index in [9.17, 15) is 0 Å². The van der Waals surface area contributed by atoms with Gasteiger partial charge in [0.1, 0.15) is 0 Å². The van der Waals surface area contributed by atoms with Crippen LogP contribution < -0.4 is 10.6 Å². The molecule has 2 aromatic carbocycles. The highest BCUT2D eigenvalue weighted by Gasteiger charge is 2.20. The van der Waals surface area contributed by atoms with E-state index in [1.165, 1.54) is 11.1 Å². The van der Waals surface area contributed by atoms with Crippen LogP contribution in [0.2, 0.25) is 10.0 Å². The van der Waals surface area contributed by atoms with E-state index in [4.69, 9.17) is 28.9 Å². The maximum Gasteiger partial charge on any atom is 0.0676 e. The van der Waals surface area contributed by atoms with Gasteiger partial charge in [0.25, 0.3) is 0 Å². The number of nitrogens with zero attached hydrogens (tertiary/aromatic N) is 1. The van der Waals surface area contributed by atoms with Gasteiger partial charge in [0.15, 0.2) is 0 Å². The maximum absolute atomic E-state index is 6.35. The fourth-order valence-corrected chi connectivity index (χ4v) is 3.07. The van der Waals surface area contributed by atoms with E-state index in [0.29, 0.717) is 16.6 Å². The van der Waals surface area contributed by atoms with Crippen molar-refractivity contribution in [2.24, 2.45) is 5.73 Å². The standard InChI is InChI=1S/C17H20Cl2N2/c1-11-7-8-15(12(2)9-11)21(3)16(10-20)13-5-4-6-14(18)17(13)19/h4-9,16H,10,20H2,1-3H3. The number of hydrogen-bond acceptors (Lipinski definition) is 2. The van der Waals surface area contributed by atoms with Crippen LogP contribution in [-0.2, 0) is 0 Å². The molecule has 112 valence electrons. The van der Waals surface area contributed by atoms with Crippen molar-refractivity contribution in [1.29, 1.82) is 0 Å². The van der Waals surface area contributed by atoms with Crippen LogP contribution >= 0.6 is 23.2 Å². The molecular weight excluding hydrogens is 303 g/mol. The summed E-state index contributed by atoms with van der Waals surface area (Å²) in [6.07, 6.45) is 0. The van der Waals surface area contributed by atoms with Crippen molar-refractivity contribution < 1.29 is 0 Å². The molecule has 4 heteroatoms. The molecule has 0 aromatic heterocycles. The number of halogens is 2. The Balaban J connectivity index is 2.43. The lowest BCUT2D eigenvalue weighted by molar-refractivity contribution is 0.679. The Labute approximate surface area is 136 Å². The number of aryl methyl sites for hydroxylation is 2. The molecule has 0 saturated heterocycles. The van der Waals surface area contributed by atoms with E-state index >= 15 is 0 Å². The van der Waals surface area contributed by atoms with Gasteiger partial charge in [-0.1, -0.05) is 53.0 Å². The van der Waals surface area contributed by atoms with Gasteiger partial charge in [-0.25, -0.2) is 0 Å². The molecule has 2 N–H and O–H groups in total. The minimum atomic E-state index is -0.0161. The highest BCUT2D eigenvalue weighted by molar-refractivity contribution is 6.42. The number of likely N-dealkylation sites (N-methyl/N-ethyl adjacent to an activating group) is 1. The second-order valence-corrected chi connectivity index (χ2v) is 6.08. The normalized spacial score (nSPS) is 12.3. The van der Waals surface area contributed by atoms with E-state index in [0.717, 1.165) is 11.3 Å². The number of benzene rings is 2. The van der Waals surface area contributed by atoms with Crippen LogP contribution in [0.25, 0.3) is 0 Å². The van der Waals surface area contributed by atoms with Crippen LogP contribution in [0, 0.1) is 13.8 Å². The summed E-state index contributed by atoms with van der Waals surface area (Å²) in [6.45, 7) is 4.65. The van der Waals surface area contributed by atoms with Crippen molar-refractivity contribution in [3.05, 3.63) is 63.1 Å². The summed E-state index contributed by atoms with van der Waals surface area (Å²) in [4.78, 5) is 2.16. The molecule has 0 bridgehead atoms. The lowest BCUT2D eigenvalue weighted by atomic mass is 10.0. The quantitative estimate of drug-likeness (QED) is 0.880. The lowest BCUT2D eigenvalue weighted by Crippen LogP contribution is -2.31. The number of hydrogen-bond donors (Lipinski definition) is 1. The molecule has 0 aliphatic carbocycles. The van der Waals surface area contributed by atoms with Gasteiger partial charge < -0.3 is 10.6 Å². The fraction of sp³-hybridized carbons (Fsp3) is 0.294. The third kappa shape index (κ3) is 3.34. The van der Waals surface area contributed by atoms with Gasteiger partial charge in [0, 0.05) is 19.3 Å². The first-order valence-electron chi connectivity index (χ1n) is 6.89. The molecule has 2 aromatic rings. The molecule has 2 rings (SSSR count). The SMILES string of the molecule is Cc1ccc(N(C)C(CN)c2cccc(Cl)c2Cl)c(C)c1. The van der Waals surface area contributed by atoms with Gasteiger partial charge in [-0.2, -0.15) is 0 Å². The number of anilines is 1. The minimum absolute atomic E-state index is 0.0161.